The maximum Gasteiger partial charge on any atom is 0.490 e. The number of ether oxygens (including phenoxy) is 8. The molecule has 2 unspecified atom stereocenters. The Hall–Kier alpha value is -8.37. The summed E-state index contributed by atoms with van der Waals surface area (Å²) in [6.07, 6.45) is 38.0. The molecule has 5 aromatic rings. The van der Waals surface area contributed by atoms with Gasteiger partial charge in [0.15, 0.2) is 5.82 Å². The van der Waals surface area contributed by atoms with Gasteiger partial charge in [-0.25, -0.2) is 49.8 Å². The van der Waals surface area contributed by atoms with E-state index in [1.165, 1.54) is 47.9 Å². The third-order valence-corrected chi connectivity index (χ3v) is 26.2. The molecule has 0 aromatic carbocycles. The number of esters is 8. The standard InChI is InChI=1S/C20H28N2O4.C20H26N2O4.C17H29BO4.C16H20N2O4.C9H9ClN2O2.C7H7ClN2O2.C2H4Br2.CH4/c2*1-19(2,3)26-17(23)14-7-5-13(6-8-14)16-21-11-15(12-22-16)20(9-10-20)18(24)25-4;1-15(2,3)20-14(19)12-8-10-13(11-9-12)18-21-16(4,5)17(6,7)22-18;1-22-15(21)16(6-7-16)12-8-17-13(18-9-12)10-2-4-11(5-3-10)14(19)20;1-14-7(13)9(2-3-9)6-4-11-8(10)12-5-6;1-12-6(11)2-5-3-9-7(8)10-4-5;3-1-2-4;/h11-14H,5-10H2,1-4H3;5,11-12,14H,6-10H2,1-4H3;10,12H,8-9,11H2,1-7H3;8-11H,2-7H2,1H3,(H,19,20);4-5H,2-3H2,1H3;3-4H,2H2,1H3;1-2H2;1H4. The number of alkyl halides is 2. The Morgan fingerprint density at radius 1 is 0.425 bits per heavy atom. The number of carbonyl (C=O) groups is 9. The zero-order valence-electron chi connectivity index (χ0n) is 75.8. The van der Waals surface area contributed by atoms with E-state index in [1.54, 1.807) is 49.6 Å². The van der Waals surface area contributed by atoms with E-state index in [2.05, 4.69) is 120 Å². The maximum absolute atomic E-state index is 12.2. The van der Waals surface area contributed by atoms with E-state index in [0.717, 1.165) is 171 Å². The summed E-state index contributed by atoms with van der Waals surface area (Å²) in [4.78, 5) is 147. The van der Waals surface area contributed by atoms with Crippen molar-refractivity contribution in [1.29, 1.82) is 0 Å². The molecule has 6 saturated carbocycles. The van der Waals surface area contributed by atoms with Gasteiger partial charge in [-0.05, 0) is 271 Å². The minimum absolute atomic E-state index is 0. The van der Waals surface area contributed by atoms with Crippen LogP contribution in [0.1, 0.15) is 296 Å². The second-order valence-corrected chi connectivity index (χ2v) is 39.3. The number of allylic oxidation sites excluding steroid dienone is 4. The number of hydrogen-bond acceptors (Lipinski definition) is 29. The Bertz CT molecular complexity index is 4570. The third-order valence-electron chi connectivity index (χ3n) is 23.9. The van der Waals surface area contributed by atoms with Crippen molar-refractivity contribution >= 4 is 121 Å². The zero-order valence-corrected chi connectivity index (χ0v) is 80.5. The highest BCUT2D eigenvalue weighted by Gasteiger charge is 2.57. The van der Waals surface area contributed by atoms with Gasteiger partial charge in [-0.1, -0.05) is 51.4 Å². The summed E-state index contributed by atoms with van der Waals surface area (Å²) >= 11 is 17.4. The molecule has 696 valence electrons. The van der Waals surface area contributed by atoms with Gasteiger partial charge in [0.05, 0.1) is 98.5 Å². The largest absolute Gasteiger partial charge is 0.490 e. The first kappa shape index (κ1) is 106. The maximum atomic E-state index is 12.2. The van der Waals surface area contributed by atoms with E-state index in [9.17, 15) is 43.2 Å². The van der Waals surface area contributed by atoms with Crippen molar-refractivity contribution < 1.29 is 95.5 Å². The number of aliphatic carboxylic acids is 1. The fraction of sp³-hybridized carbons (Fsp3) is 0.641. The number of rotatable bonds is 19. The molecule has 0 radical (unpaired) electrons. The topological polar surface area (TPSA) is 395 Å². The lowest BCUT2D eigenvalue weighted by Crippen LogP contribution is -2.41. The van der Waals surface area contributed by atoms with Crippen molar-refractivity contribution in [2.75, 3.05) is 46.2 Å². The first-order valence-electron chi connectivity index (χ1n) is 42.9. The summed E-state index contributed by atoms with van der Waals surface area (Å²) in [5.74, 6) is 0.0724. The van der Waals surface area contributed by atoms with E-state index < -0.39 is 44.4 Å². The summed E-state index contributed by atoms with van der Waals surface area (Å²) in [7, 11) is 6.66. The highest BCUT2D eigenvalue weighted by molar-refractivity contribution is 9.11. The van der Waals surface area contributed by atoms with Crippen LogP contribution in [-0.2, 0) is 118 Å². The molecule has 14 rings (SSSR count). The number of nitrogens with zero attached hydrogens (tertiary/aromatic N) is 10. The van der Waals surface area contributed by atoms with Gasteiger partial charge in [0.25, 0.3) is 0 Å². The highest BCUT2D eigenvalue weighted by Crippen LogP contribution is 2.53. The van der Waals surface area contributed by atoms with E-state index in [4.69, 9.17) is 70.8 Å². The lowest BCUT2D eigenvalue weighted by Gasteiger charge is -2.32. The molecule has 30 nitrogen and oxygen atoms in total. The summed E-state index contributed by atoms with van der Waals surface area (Å²) in [6.45, 7) is 25.3. The van der Waals surface area contributed by atoms with Crippen LogP contribution in [0, 0.1) is 23.7 Å². The monoisotopic (exact) mass is 1930 g/mol. The second-order valence-electron chi connectivity index (χ2n) is 37.1. The lowest BCUT2D eigenvalue weighted by molar-refractivity contribution is -0.162. The molecule has 9 aliphatic rings. The molecule has 1 saturated heterocycles. The summed E-state index contributed by atoms with van der Waals surface area (Å²) in [6, 6.07) is 0. The van der Waals surface area contributed by atoms with Crippen LogP contribution in [-0.4, -0.2) is 190 Å². The van der Waals surface area contributed by atoms with Crippen LogP contribution in [0.4, 0.5) is 0 Å². The van der Waals surface area contributed by atoms with Gasteiger partial charge in [0, 0.05) is 107 Å². The molecule has 6 heterocycles. The molecule has 2 atom stereocenters. The molecule has 7 fully saturated rings. The van der Waals surface area contributed by atoms with Crippen LogP contribution in [0.2, 0.25) is 10.6 Å². The number of aromatic nitrogens is 10. The highest BCUT2D eigenvalue weighted by atomic mass is 79.9. The van der Waals surface area contributed by atoms with Gasteiger partial charge in [-0.15, -0.1) is 0 Å². The van der Waals surface area contributed by atoms with E-state index >= 15 is 0 Å². The molecule has 127 heavy (non-hydrogen) atoms. The summed E-state index contributed by atoms with van der Waals surface area (Å²) < 4.78 is 52.4. The van der Waals surface area contributed by atoms with Gasteiger partial charge in [0.1, 0.15) is 28.5 Å². The Labute approximate surface area is 773 Å². The molecule has 0 spiro atoms. The molecule has 35 heteroatoms. The molecule has 5 aromatic heterocycles. The predicted molar refractivity (Wildman–Crippen MR) is 483 cm³/mol. The molecular formula is C92H127BBr2Cl2N10O20. The molecule has 1 N–H and O–H groups in total. The number of carboxylic acids is 1. The first-order valence-corrected chi connectivity index (χ1v) is 45.9. The normalized spacial score (nSPS) is 21.8. The number of carboxylic acid groups (broad SMARTS) is 1. The van der Waals surface area contributed by atoms with Crippen molar-refractivity contribution in [2.45, 2.75) is 307 Å². The van der Waals surface area contributed by atoms with Gasteiger partial charge < -0.3 is 52.3 Å². The van der Waals surface area contributed by atoms with Gasteiger partial charge in [0.2, 0.25) is 10.6 Å². The Morgan fingerprint density at radius 2 is 0.732 bits per heavy atom. The van der Waals surface area contributed by atoms with Crippen LogP contribution < -0.4 is 0 Å². The number of methoxy groups -OCH3 is 5. The predicted octanol–water partition coefficient (Wildman–Crippen LogP) is 16.8. The van der Waals surface area contributed by atoms with Crippen molar-refractivity contribution in [1.82, 2.24) is 49.8 Å². The van der Waals surface area contributed by atoms with Crippen molar-refractivity contribution in [2.24, 2.45) is 23.7 Å². The Kier molecular flexibility index (Phi) is 38.2. The molecule has 1 aliphatic heterocycles. The Morgan fingerprint density at radius 3 is 1.02 bits per heavy atom. The van der Waals surface area contributed by atoms with Crippen molar-refractivity contribution in [3.05, 3.63) is 135 Å². The molecular weight excluding hydrogens is 1810 g/mol. The minimum Gasteiger partial charge on any atom is -0.481 e. The van der Waals surface area contributed by atoms with E-state index in [-0.39, 0.29) is 126 Å². The number of carbonyl (C=O) groups excluding carboxylic acids is 8. The summed E-state index contributed by atoms with van der Waals surface area (Å²) in [5, 5.41) is 11.5. The molecule has 0 bridgehead atoms. The lowest BCUT2D eigenvalue weighted by atomic mass is 9.70. The van der Waals surface area contributed by atoms with Gasteiger partial charge in [-0.2, -0.15) is 0 Å². The molecule has 0 amide bonds. The molecule has 8 aliphatic carbocycles. The van der Waals surface area contributed by atoms with Crippen molar-refractivity contribution in [3.63, 3.8) is 0 Å². The van der Waals surface area contributed by atoms with Gasteiger partial charge in [-0.3, -0.25) is 43.2 Å². The number of hydrogen-bond donors (Lipinski definition) is 1. The first-order chi connectivity index (χ1) is 59.3. The van der Waals surface area contributed by atoms with Crippen LogP contribution >= 0.6 is 55.1 Å². The minimum atomic E-state index is -0.705. The average Bonchev–Trinajstić information content (AvgIpc) is 1.62. The second kappa shape index (κ2) is 45.9. The fourth-order valence-electron chi connectivity index (χ4n) is 15.2. The van der Waals surface area contributed by atoms with Crippen LogP contribution in [0.3, 0.4) is 0 Å². The SMILES string of the molecule is BrCCBr.C.CC(C)(C)OC(=O)C1CC=C(B2OC(C)(C)C(C)(C)O2)CC1.COC(=O)C1(c2cnc(C3=CCC(C(=O)OC(C)(C)C)CC3)nc2)CC1.COC(=O)C1(c2cnc(C3CCC(C(=O)O)CC3)nc2)CC1.COC(=O)C1(c2cnc(C3CCC(C(=O)OC(C)(C)C)CC3)nc2)CC1.COC(=O)C1(c2cnc(Cl)nc2)CC1.COC(=O)Cc1cnc(Cl)nc1. The van der Waals surface area contributed by atoms with Crippen LogP contribution in [0.5, 0.6) is 0 Å². The van der Waals surface area contributed by atoms with Crippen LogP contribution in [0.25, 0.3) is 5.57 Å². The quantitative estimate of drug-likeness (QED) is 0.0264. The van der Waals surface area contributed by atoms with E-state index in [0.29, 0.717) is 37.1 Å². The average molecular weight is 1930 g/mol. The smallest absolute Gasteiger partial charge is 0.481 e. The van der Waals surface area contributed by atoms with E-state index in [1.807, 2.05) is 68.4 Å². The fourth-order valence-corrected chi connectivity index (χ4v) is 15.4. The Balaban J connectivity index is 0.000000210. The zero-order chi connectivity index (χ0) is 93.0. The van der Waals surface area contributed by atoms with Crippen LogP contribution in [0.15, 0.2) is 79.6 Å². The van der Waals surface area contributed by atoms with Gasteiger partial charge >= 0.3 is 60.8 Å². The summed E-state index contributed by atoms with van der Waals surface area (Å²) in [5.41, 5.74) is 2.08. The van der Waals surface area contributed by atoms with Crippen molar-refractivity contribution in [3.8, 4) is 0 Å². The number of halogens is 4. The third kappa shape index (κ3) is 29.6.